The van der Waals surface area contributed by atoms with Crippen molar-refractivity contribution in [1.82, 2.24) is 4.98 Å². The fourth-order valence-electron chi connectivity index (χ4n) is 1.88. The molecule has 0 aliphatic carbocycles. The molecule has 2 rings (SSSR count). The predicted octanol–water partition coefficient (Wildman–Crippen LogP) is 3.53. The van der Waals surface area contributed by atoms with E-state index in [0.29, 0.717) is 5.69 Å². The average Bonchev–Trinajstić information content (AvgIpc) is 2.39. The summed E-state index contributed by atoms with van der Waals surface area (Å²) in [5.74, 6) is 0.861. The van der Waals surface area contributed by atoms with Crippen LogP contribution >= 0.6 is 0 Å². The third-order valence-electron chi connectivity index (χ3n) is 2.89. The van der Waals surface area contributed by atoms with Crippen molar-refractivity contribution < 1.29 is 9.53 Å². The molecular weight excluding hydrogens is 226 g/mol. The van der Waals surface area contributed by atoms with Gasteiger partial charge < -0.3 is 4.74 Å². The van der Waals surface area contributed by atoms with E-state index < -0.39 is 0 Å². The van der Waals surface area contributed by atoms with Gasteiger partial charge in [-0.3, -0.25) is 4.79 Å². The molecule has 0 fully saturated rings. The molecule has 1 heterocycles. The molecule has 94 valence electrons. The van der Waals surface area contributed by atoms with Crippen molar-refractivity contribution in [3.8, 4) is 5.75 Å². The van der Waals surface area contributed by atoms with Gasteiger partial charge in [-0.15, -0.1) is 0 Å². The van der Waals surface area contributed by atoms with Gasteiger partial charge in [-0.05, 0) is 43.2 Å². The molecule has 2 aromatic rings. The lowest BCUT2D eigenvalue weighted by atomic mass is 10.1. The number of nitrogens with zero attached hydrogens (tertiary/aromatic N) is 1. The Morgan fingerprint density at radius 3 is 2.89 bits per heavy atom. The van der Waals surface area contributed by atoms with Crippen molar-refractivity contribution in [3.63, 3.8) is 0 Å². The topological polar surface area (TPSA) is 39.2 Å². The number of rotatable bonds is 5. The zero-order chi connectivity index (χ0) is 13.0. The highest BCUT2D eigenvalue weighted by Gasteiger charge is 2.04. The Morgan fingerprint density at radius 1 is 1.33 bits per heavy atom. The number of aryl methyl sites for hydroxylation is 1. The monoisotopic (exact) mass is 243 g/mol. The second kappa shape index (κ2) is 5.63. The lowest BCUT2D eigenvalue weighted by Crippen LogP contribution is -1.97. The number of unbranched alkanes of at least 4 members (excludes halogenated alkanes) is 1. The summed E-state index contributed by atoms with van der Waals surface area (Å²) < 4.78 is 5.67. The standard InChI is InChI=1S/C15H17NO2/c1-3-4-7-18-13-5-6-15-14(9-13)11(2)8-12(10-17)16-15/h5-6,8-10H,3-4,7H2,1-2H3. The Kier molecular flexibility index (Phi) is 3.92. The smallest absolute Gasteiger partial charge is 0.168 e. The van der Waals surface area contributed by atoms with Crippen LogP contribution in [0.5, 0.6) is 5.75 Å². The first kappa shape index (κ1) is 12.6. The van der Waals surface area contributed by atoms with Crippen LogP contribution in [0.15, 0.2) is 24.3 Å². The maximum atomic E-state index is 10.8. The second-order valence-electron chi connectivity index (χ2n) is 4.36. The van der Waals surface area contributed by atoms with Crippen LogP contribution in [0.25, 0.3) is 10.9 Å². The van der Waals surface area contributed by atoms with Crippen LogP contribution < -0.4 is 4.74 Å². The Hall–Kier alpha value is -1.90. The number of fused-ring (bicyclic) bond motifs is 1. The maximum absolute atomic E-state index is 10.8. The van der Waals surface area contributed by atoms with E-state index in [9.17, 15) is 4.79 Å². The van der Waals surface area contributed by atoms with Gasteiger partial charge in [0.1, 0.15) is 11.4 Å². The summed E-state index contributed by atoms with van der Waals surface area (Å²) in [5.41, 5.74) is 2.35. The van der Waals surface area contributed by atoms with Crippen LogP contribution in [-0.2, 0) is 0 Å². The minimum atomic E-state index is 0.472. The molecule has 0 bridgehead atoms. The molecule has 0 N–H and O–H groups in total. The summed E-state index contributed by atoms with van der Waals surface area (Å²) in [4.78, 5) is 15.0. The Bertz CT molecular complexity index is 564. The van der Waals surface area contributed by atoms with Gasteiger partial charge in [0.15, 0.2) is 6.29 Å². The summed E-state index contributed by atoms with van der Waals surface area (Å²) in [7, 11) is 0. The maximum Gasteiger partial charge on any atom is 0.168 e. The van der Waals surface area contributed by atoms with Crippen molar-refractivity contribution in [2.75, 3.05) is 6.61 Å². The number of aromatic nitrogens is 1. The van der Waals surface area contributed by atoms with Gasteiger partial charge in [0.2, 0.25) is 0 Å². The van der Waals surface area contributed by atoms with Crippen LogP contribution in [0.1, 0.15) is 35.8 Å². The van der Waals surface area contributed by atoms with E-state index in [1.807, 2.05) is 25.1 Å². The van der Waals surface area contributed by atoms with Crippen LogP contribution in [0, 0.1) is 6.92 Å². The minimum Gasteiger partial charge on any atom is -0.494 e. The molecule has 0 radical (unpaired) electrons. The van der Waals surface area contributed by atoms with Crippen molar-refractivity contribution >= 4 is 17.2 Å². The molecular formula is C15H17NO2. The first-order valence-electron chi connectivity index (χ1n) is 6.24. The van der Waals surface area contributed by atoms with E-state index in [1.165, 1.54) is 0 Å². The summed E-state index contributed by atoms with van der Waals surface area (Å²) in [6.07, 6.45) is 2.95. The predicted molar refractivity (Wildman–Crippen MR) is 72.3 cm³/mol. The largest absolute Gasteiger partial charge is 0.494 e. The number of ether oxygens (including phenoxy) is 1. The van der Waals surface area contributed by atoms with Crippen LogP contribution in [0.3, 0.4) is 0 Å². The van der Waals surface area contributed by atoms with E-state index >= 15 is 0 Å². The van der Waals surface area contributed by atoms with E-state index in [1.54, 1.807) is 6.07 Å². The van der Waals surface area contributed by atoms with Gasteiger partial charge in [-0.1, -0.05) is 13.3 Å². The number of benzene rings is 1. The molecule has 0 atom stereocenters. The van der Waals surface area contributed by atoms with Crippen LogP contribution in [0.2, 0.25) is 0 Å². The molecule has 0 aliphatic rings. The van der Waals surface area contributed by atoms with Crippen LogP contribution in [0.4, 0.5) is 0 Å². The number of aldehydes is 1. The molecule has 0 saturated carbocycles. The molecule has 0 saturated heterocycles. The molecule has 1 aromatic carbocycles. The SMILES string of the molecule is CCCCOc1ccc2nc(C=O)cc(C)c2c1. The third-order valence-corrected chi connectivity index (χ3v) is 2.89. The van der Waals surface area contributed by atoms with E-state index in [2.05, 4.69) is 11.9 Å². The van der Waals surface area contributed by atoms with Crippen LogP contribution in [-0.4, -0.2) is 17.9 Å². The van der Waals surface area contributed by atoms with Crippen molar-refractivity contribution in [2.45, 2.75) is 26.7 Å². The Balaban J connectivity index is 2.33. The molecule has 0 aliphatic heterocycles. The fraction of sp³-hybridized carbons (Fsp3) is 0.333. The van der Waals surface area contributed by atoms with Crippen molar-refractivity contribution in [3.05, 3.63) is 35.5 Å². The first-order chi connectivity index (χ1) is 8.74. The fourth-order valence-corrected chi connectivity index (χ4v) is 1.88. The van der Waals surface area contributed by atoms with Gasteiger partial charge in [-0.2, -0.15) is 0 Å². The number of hydrogen-bond donors (Lipinski definition) is 0. The number of carbonyl (C=O) groups excluding carboxylic acids is 1. The summed E-state index contributed by atoms with van der Waals surface area (Å²) in [6.45, 7) is 4.85. The highest BCUT2D eigenvalue weighted by molar-refractivity contribution is 5.87. The first-order valence-corrected chi connectivity index (χ1v) is 6.24. The molecule has 1 aromatic heterocycles. The minimum absolute atomic E-state index is 0.472. The van der Waals surface area contributed by atoms with Crippen molar-refractivity contribution in [2.24, 2.45) is 0 Å². The zero-order valence-corrected chi connectivity index (χ0v) is 10.8. The molecule has 3 nitrogen and oxygen atoms in total. The number of hydrogen-bond acceptors (Lipinski definition) is 3. The van der Waals surface area contributed by atoms with E-state index in [0.717, 1.165) is 48.0 Å². The highest BCUT2D eigenvalue weighted by atomic mass is 16.5. The normalized spacial score (nSPS) is 10.6. The van der Waals surface area contributed by atoms with Gasteiger partial charge in [0, 0.05) is 5.39 Å². The molecule has 3 heteroatoms. The Morgan fingerprint density at radius 2 is 2.17 bits per heavy atom. The second-order valence-corrected chi connectivity index (χ2v) is 4.36. The summed E-state index contributed by atoms with van der Waals surface area (Å²) >= 11 is 0. The molecule has 0 spiro atoms. The molecule has 18 heavy (non-hydrogen) atoms. The van der Waals surface area contributed by atoms with Gasteiger partial charge >= 0.3 is 0 Å². The molecule has 0 unspecified atom stereocenters. The Labute approximate surface area is 107 Å². The van der Waals surface area contributed by atoms with Gasteiger partial charge in [0.05, 0.1) is 12.1 Å². The lowest BCUT2D eigenvalue weighted by Gasteiger charge is -2.08. The third kappa shape index (κ3) is 2.67. The zero-order valence-electron chi connectivity index (χ0n) is 10.8. The van der Waals surface area contributed by atoms with E-state index in [4.69, 9.17) is 4.74 Å². The van der Waals surface area contributed by atoms with E-state index in [-0.39, 0.29) is 0 Å². The number of carbonyl (C=O) groups is 1. The van der Waals surface area contributed by atoms with Gasteiger partial charge in [-0.25, -0.2) is 4.98 Å². The van der Waals surface area contributed by atoms with Crippen molar-refractivity contribution in [1.29, 1.82) is 0 Å². The average molecular weight is 243 g/mol. The summed E-state index contributed by atoms with van der Waals surface area (Å²) in [6, 6.07) is 7.59. The van der Waals surface area contributed by atoms with Gasteiger partial charge in [0.25, 0.3) is 0 Å². The summed E-state index contributed by atoms with van der Waals surface area (Å²) in [5, 5.41) is 1.04. The molecule has 0 amide bonds. The highest BCUT2D eigenvalue weighted by Crippen LogP contribution is 2.23. The quantitative estimate of drug-likeness (QED) is 0.595. The lowest BCUT2D eigenvalue weighted by molar-refractivity contribution is 0.111. The number of pyridine rings is 1.